The van der Waals surface area contributed by atoms with Gasteiger partial charge in [0, 0.05) is 44.8 Å². The van der Waals surface area contributed by atoms with Crippen molar-refractivity contribution in [1.29, 1.82) is 0 Å². The molecule has 2 amide bonds. The number of rotatable bonds is 4. The monoisotopic (exact) mass is 363 g/mol. The zero-order chi connectivity index (χ0) is 15.4. The molecule has 1 fully saturated rings. The molecule has 7 nitrogen and oxygen atoms in total. The number of pyridine rings is 1. The molecular weight excluding hydrogens is 341 g/mol. The van der Waals surface area contributed by atoms with Gasteiger partial charge >= 0.3 is 0 Å². The molecular formula is C14H23Cl2N5O2. The summed E-state index contributed by atoms with van der Waals surface area (Å²) in [5, 5.41) is 0. The van der Waals surface area contributed by atoms with Gasteiger partial charge in [0.15, 0.2) is 0 Å². The first kappa shape index (κ1) is 21.4. The van der Waals surface area contributed by atoms with Gasteiger partial charge in [-0.15, -0.1) is 24.8 Å². The minimum absolute atomic E-state index is 0. The van der Waals surface area contributed by atoms with E-state index >= 15 is 0 Å². The summed E-state index contributed by atoms with van der Waals surface area (Å²) in [5.41, 5.74) is 11.4. The summed E-state index contributed by atoms with van der Waals surface area (Å²) in [4.78, 5) is 31.4. The van der Waals surface area contributed by atoms with Gasteiger partial charge in [0.2, 0.25) is 5.91 Å². The second-order valence-electron chi connectivity index (χ2n) is 5.29. The number of carbonyl (C=O) groups is 2. The lowest BCUT2D eigenvalue weighted by Crippen LogP contribution is -2.50. The zero-order valence-corrected chi connectivity index (χ0v) is 14.6. The fraction of sp³-hybridized carbons (Fsp3) is 0.500. The van der Waals surface area contributed by atoms with E-state index in [0.29, 0.717) is 44.0 Å². The summed E-state index contributed by atoms with van der Waals surface area (Å²) in [5.74, 6) is 0.165. The maximum Gasteiger partial charge on any atom is 0.252 e. The molecule has 0 radical (unpaired) electrons. The molecule has 23 heavy (non-hydrogen) atoms. The van der Waals surface area contributed by atoms with E-state index in [0.717, 1.165) is 0 Å². The first-order valence-corrected chi connectivity index (χ1v) is 7.02. The Morgan fingerprint density at radius 3 is 2.39 bits per heavy atom. The van der Waals surface area contributed by atoms with Crippen molar-refractivity contribution in [2.75, 3.05) is 31.1 Å². The number of hydrogen-bond acceptors (Lipinski definition) is 5. The van der Waals surface area contributed by atoms with Crippen LogP contribution in [0.25, 0.3) is 0 Å². The summed E-state index contributed by atoms with van der Waals surface area (Å²) in [6.07, 6.45) is 1.99. The number of nitrogens with zero attached hydrogens (tertiary/aromatic N) is 3. The fourth-order valence-corrected chi connectivity index (χ4v) is 2.41. The van der Waals surface area contributed by atoms with Gasteiger partial charge in [0.1, 0.15) is 5.82 Å². The average Bonchev–Trinajstić information content (AvgIpc) is 2.46. The Morgan fingerprint density at radius 1 is 1.26 bits per heavy atom. The van der Waals surface area contributed by atoms with Gasteiger partial charge in [-0.2, -0.15) is 0 Å². The van der Waals surface area contributed by atoms with E-state index in [4.69, 9.17) is 11.5 Å². The molecule has 1 aromatic rings. The van der Waals surface area contributed by atoms with E-state index < -0.39 is 5.91 Å². The normalized spacial score (nSPS) is 15.2. The first-order valence-electron chi connectivity index (χ1n) is 7.02. The van der Waals surface area contributed by atoms with Crippen LogP contribution in [0.5, 0.6) is 0 Å². The molecule has 1 aromatic heterocycles. The van der Waals surface area contributed by atoms with Crippen LogP contribution < -0.4 is 16.4 Å². The van der Waals surface area contributed by atoms with Gasteiger partial charge < -0.3 is 21.3 Å². The van der Waals surface area contributed by atoms with E-state index in [2.05, 4.69) is 4.98 Å². The lowest BCUT2D eigenvalue weighted by molar-refractivity contribution is -0.131. The molecule has 1 aliphatic rings. The molecule has 9 heteroatoms. The molecule has 4 N–H and O–H groups in total. The lowest BCUT2D eigenvalue weighted by atomic mass is 10.2. The maximum absolute atomic E-state index is 12.0. The molecule has 2 rings (SSSR count). The van der Waals surface area contributed by atoms with Crippen LogP contribution in [0, 0.1) is 0 Å². The Kier molecular flexibility index (Phi) is 8.89. The van der Waals surface area contributed by atoms with E-state index in [1.165, 1.54) is 0 Å². The Labute approximate surface area is 148 Å². The van der Waals surface area contributed by atoms with Crippen LogP contribution in [0.3, 0.4) is 0 Å². The van der Waals surface area contributed by atoms with Gasteiger partial charge in [-0.1, -0.05) is 0 Å². The van der Waals surface area contributed by atoms with Gasteiger partial charge in [0.25, 0.3) is 5.91 Å². The van der Waals surface area contributed by atoms with Crippen molar-refractivity contribution in [2.24, 2.45) is 11.5 Å². The average molecular weight is 364 g/mol. The minimum atomic E-state index is -0.492. The van der Waals surface area contributed by atoms with Crippen molar-refractivity contribution in [3.05, 3.63) is 23.9 Å². The highest BCUT2D eigenvalue weighted by Crippen LogP contribution is 2.18. The number of nitrogens with two attached hydrogens (primary N) is 2. The minimum Gasteiger partial charge on any atom is -0.365 e. The molecule has 1 aliphatic heterocycles. The number of aromatic nitrogens is 1. The molecule has 1 saturated heterocycles. The number of carbonyl (C=O) groups excluding carboxylic acids is 2. The third-order valence-corrected chi connectivity index (χ3v) is 3.48. The summed E-state index contributed by atoms with van der Waals surface area (Å²) in [6.45, 7) is 4.27. The van der Waals surface area contributed by atoms with Crippen molar-refractivity contribution < 1.29 is 9.59 Å². The van der Waals surface area contributed by atoms with Crippen LogP contribution in [0.4, 0.5) is 5.82 Å². The van der Waals surface area contributed by atoms with Crippen LogP contribution in [0.1, 0.15) is 23.7 Å². The fourth-order valence-electron chi connectivity index (χ4n) is 2.41. The second kappa shape index (κ2) is 9.54. The maximum atomic E-state index is 12.0. The van der Waals surface area contributed by atoms with Crippen molar-refractivity contribution in [3.8, 4) is 0 Å². The Bertz CT molecular complexity index is 534. The molecule has 2 heterocycles. The summed E-state index contributed by atoms with van der Waals surface area (Å²) in [7, 11) is 0. The molecule has 0 aromatic carbocycles. The van der Waals surface area contributed by atoms with Gasteiger partial charge in [-0.05, 0) is 19.1 Å². The SMILES string of the molecule is CC(N)CC(=O)N1CCN(c2ncccc2C(N)=O)CC1.Cl.Cl. The molecule has 1 unspecified atom stereocenters. The lowest BCUT2D eigenvalue weighted by Gasteiger charge is -2.36. The molecule has 0 spiro atoms. The van der Waals surface area contributed by atoms with Gasteiger partial charge in [-0.3, -0.25) is 9.59 Å². The van der Waals surface area contributed by atoms with Gasteiger partial charge in [0.05, 0.1) is 5.56 Å². The third kappa shape index (κ3) is 5.53. The predicted octanol–water partition coefficient (Wildman–Crippen LogP) is 0.410. The molecule has 130 valence electrons. The van der Waals surface area contributed by atoms with Crippen molar-refractivity contribution in [2.45, 2.75) is 19.4 Å². The van der Waals surface area contributed by atoms with Gasteiger partial charge in [-0.25, -0.2) is 4.98 Å². The predicted molar refractivity (Wildman–Crippen MR) is 94.3 cm³/mol. The number of piperazine rings is 1. The van der Waals surface area contributed by atoms with Crippen LogP contribution >= 0.6 is 24.8 Å². The van der Waals surface area contributed by atoms with Crippen LogP contribution in [0.2, 0.25) is 0 Å². The molecule has 0 bridgehead atoms. The quantitative estimate of drug-likeness (QED) is 0.805. The van der Waals surface area contributed by atoms with E-state index in [9.17, 15) is 9.59 Å². The van der Waals surface area contributed by atoms with Crippen LogP contribution in [-0.4, -0.2) is 53.9 Å². The number of hydrogen-bond donors (Lipinski definition) is 2. The van der Waals surface area contributed by atoms with Crippen LogP contribution in [-0.2, 0) is 4.79 Å². The molecule has 0 saturated carbocycles. The van der Waals surface area contributed by atoms with E-state index in [1.807, 2.05) is 11.8 Å². The summed E-state index contributed by atoms with van der Waals surface area (Å²) >= 11 is 0. The summed E-state index contributed by atoms with van der Waals surface area (Å²) < 4.78 is 0. The van der Waals surface area contributed by atoms with E-state index in [-0.39, 0.29) is 36.8 Å². The second-order valence-corrected chi connectivity index (χ2v) is 5.29. The standard InChI is InChI=1S/C14H21N5O2.2ClH/c1-10(15)9-12(20)18-5-7-19(8-6-18)14-11(13(16)21)3-2-4-17-14;;/h2-4,10H,5-9,15H2,1H3,(H2,16,21);2*1H. The number of halogens is 2. The number of anilines is 1. The number of amides is 2. The topological polar surface area (TPSA) is 106 Å². The molecule has 1 atom stereocenters. The van der Waals surface area contributed by atoms with E-state index in [1.54, 1.807) is 23.2 Å². The highest BCUT2D eigenvalue weighted by atomic mass is 35.5. The Morgan fingerprint density at radius 2 is 1.87 bits per heavy atom. The zero-order valence-electron chi connectivity index (χ0n) is 13.0. The highest BCUT2D eigenvalue weighted by Gasteiger charge is 2.24. The van der Waals surface area contributed by atoms with Crippen LogP contribution in [0.15, 0.2) is 18.3 Å². The Balaban J connectivity index is 0.00000242. The molecule has 0 aliphatic carbocycles. The number of primary amides is 1. The van der Waals surface area contributed by atoms with Crippen molar-refractivity contribution in [3.63, 3.8) is 0 Å². The smallest absolute Gasteiger partial charge is 0.252 e. The summed E-state index contributed by atoms with van der Waals surface area (Å²) in [6, 6.07) is 3.22. The van der Waals surface area contributed by atoms with Crippen molar-refractivity contribution >= 4 is 42.4 Å². The Hall–Kier alpha value is -1.57. The largest absolute Gasteiger partial charge is 0.365 e. The first-order chi connectivity index (χ1) is 9.99. The van der Waals surface area contributed by atoms with Crippen molar-refractivity contribution in [1.82, 2.24) is 9.88 Å². The third-order valence-electron chi connectivity index (χ3n) is 3.48. The highest BCUT2D eigenvalue weighted by molar-refractivity contribution is 5.97.